The van der Waals surface area contributed by atoms with Gasteiger partial charge < -0.3 is 9.84 Å². The van der Waals surface area contributed by atoms with E-state index >= 15 is 0 Å². The molecule has 2 aliphatic rings. The minimum absolute atomic E-state index is 0.142. The highest BCUT2D eigenvalue weighted by Gasteiger charge is 2.40. The minimum Gasteiger partial charge on any atom is -0.487 e. The lowest BCUT2D eigenvalue weighted by Gasteiger charge is -2.40. The van der Waals surface area contributed by atoms with E-state index in [1.54, 1.807) is 0 Å². The molecule has 98 valence electrons. The lowest BCUT2D eigenvalue weighted by molar-refractivity contribution is -0.0244. The summed E-state index contributed by atoms with van der Waals surface area (Å²) in [4.78, 5) is 0. The molecule has 2 nitrogen and oxygen atoms in total. The predicted molar refractivity (Wildman–Crippen MR) is 72.1 cm³/mol. The maximum absolute atomic E-state index is 10.4. The lowest BCUT2D eigenvalue weighted by atomic mass is 9.83. The van der Waals surface area contributed by atoms with Gasteiger partial charge in [0.15, 0.2) is 0 Å². The van der Waals surface area contributed by atoms with Crippen LogP contribution in [0, 0.1) is 0 Å². The Balaban J connectivity index is 1.92. The third-order valence-corrected chi connectivity index (χ3v) is 4.47. The van der Waals surface area contributed by atoms with Crippen LogP contribution in [0.2, 0.25) is 5.02 Å². The molecule has 0 saturated heterocycles. The summed E-state index contributed by atoms with van der Waals surface area (Å²) in [6.45, 7) is 0. The largest absolute Gasteiger partial charge is 0.487 e. The van der Waals surface area contributed by atoms with E-state index in [-0.39, 0.29) is 5.60 Å². The summed E-state index contributed by atoms with van der Waals surface area (Å²) in [5, 5.41) is 11.0. The van der Waals surface area contributed by atoms with Crippen molar-refractivity contribution in [3.05, 3.63) is 28.8 Å². The number of ether oxygens (including phenoxy) is 1. The number of aliphatic hydroxyl groups is 1. The summed E-state index contributed by atoms with van der Waals surface area (Å²) < 4.78 is 6.25. The second-order valence-corrected chi connectivity index (χ2v) is 6.04. The van der Waals surface area contributed by atoms with Gasteiger partial charge in [0, 0.05) is 17.0 Å². The average Bonchev–Trinajstić information content (AvgIpc) is 2.56. The summed E-state index contributed by atoms with van der Waals surface area (Å²) in [5.41, 5.74) is 0.703. The monoisotopic (exact) mass is 266 g/mol. The zero-order chi connectivity index (χ0) is 12.6. The first-order chi connectivity index (χ1) is 8.69. The molecule has 1 fully saturated rings. The maximum Gasteiger partial charge on any atom is 0.126 e. The molecule has 1 aliphatic heterocycles. The van der Waals surface area contributed by atoms with Crippen LogP contribution < -0.4 is 4.74 Å². The van der Waals surface area contributed by atoms with Gasteiger partial charge >= 0.3 is 0 Å². The number of benzene rings is 1. The summed E-state index contributed by atoms with van der Waals surface area (Å²) in [7, 11) is 0. The third-order valence-electron chi connectivity index (χ3n) is 4.24. The van der Waals surface area contributed by atoms with Gasteiger partial charge in [-0.1, -0.05) is 24.4 Å². The minimum atomic E-state index is -0.439. The molecular weight excluding hydrogens is 248 g/mol. The predicted octanol–water partition coefficient (Wildman–Crippen LogP) is 4.25. The fraction of sp³-hybridized carbons (Fsp3) is 0.600. The quantitative estimate of drug-likeness (QED) is 0.761. The van der Waals surface area contributed by atoms with Crippen LogP contribution in [0.1, 0.15) is 56.6 Å². The number of hydrogen-bond donors (Lipinski definition) is 1. The van der Waals surface area contributed by atoms with Gasteiger partial charge in [-0.2, -0.15) is 0 Å². The Labute approximate surface area is 113 Å². The Morgan fingerprint density at radius 2 is 1.89 bits per heavy atom. The maximum atomic E-state index is 10.4. The van der Waals surface area contributed by atoms with E-state index in [0.717, 1.165) is 24.2 Å². The molecule has 1 saturated carbocycles. The third kappa shape index (κ3) is 2.24. The van der Waals surface area contributed by atoms with Crippen molar-refractivity contribution in [1.29, 1.82) is 0 Å². The zero-order valence-electron chi connectivity index (χ0n) is 10.5. The molecule has 18 heavy (non-hydrogen) atoms. The van der Waals surface area contributed by atoms with Gasteiger partial charge in [-0.25, -0.2) is 0 Å². The number of aliphatic hydroxyl groups excluding tert-OH is 1. The van der Waals surface area contributed by atoms with Gasteiger partial charge in [-0.3, -0.25) is 0 Å². The molecule has 0 amide bonds. The van der Waals surface area contributed by atoms with Gasteiger partial charge in [-0.05, 0) is 43.9 Å². The van der Waals surface area contributed by atoms with E-state index in [2.05, 4.69) is 0 Å². The molecule has 3 heteroatoms. The molecular formula is C15H19ClO2. The summed E-state index contributed by atoms with van der Waals surface area (Å²) in [6.07, 6.45) is 7.37. The van der Waals surface area contributed by atoms with Crippen molar-refractivity contribution in [3.8, 4) is 5.75 Å². The molecule has 0 bridgehead atoms. The van der Waals surface area contributed by atoms with E-state index in [1.807, 2.05) is 18.2 Å². The number of hydrogen-bond acceptors (Lipinski definition) is 2. The van der Waals surface area contributed by atoms with Crippen molar-refractivity contribution in [2.24, 2.45) is 0 Å². The molecule has 0 aromatic heterocycles. The van der Waals surface area contributed by atoms with Crippen molar-refractivity contribution in [1.82, 2.24) is 0 Å². The highest BCUT2D eigenvalue weighted by Crippen LogP contribution is 2.45. The van der Waals surface area contributed by atoms with Crippen LogP contribution in [0.5, 0.6) is 5.75 Å². The molecule has 1 spiro atoms. The molecule has 0 radical (unpaired) electrons. The molecule has 1 aliphatic carbocycles. The molecule has 1 atom stereocenters. The van der Waals surface area contributed by atoms with Gasteiger partial charge in [0.1, 0.15) is 11.4 Å². The topological polar surface area (TPSA) is 29.5 Å². The van der Waals surface area contributed by atoms with Crippen LogP contribution in [0.4, 0.5) is 0 Å². The lowest BCUT2D eigenvalue weighted by Crippen LogP contribution is -2.40. The van der Waals surface area contributed by atoms with Gasteiger partial charge in [0.05, 0.1) is 6.10 Å². The van der Waals surface area contributed by atoms with Gasteiger partial charge in [-0.15, -0.1) is 0 Å². The van der Waals surface area contributed by atoms with Crippen LogP contribution >= 0.6 is 11.6 Å². The Morgan fingerprint density at radius 1 is 1.17 bits per heavy atom. The van der Waals surface area contributed by atoms with E-state index in [0.29, 0.717) is 11.4 Å². The van der Waals surface area contributed by atoms with Crippen LogP contribution in [0.15, 0.2) is 18.2 Å². The summed E-state index contributed by atoms with van der Waals surface area (Å²) in [5.74, 6) is 0.819. The molecule has 1 aromatic rings. The zero-order valence-corrected chi connectivity index (χ0v) is 11.2. The van der Waals surface area contributed by atoms with Crippen molar-refractivity contribution in [3.63, 3.8) is 0 Å². The molecule has 1 heterocycles. The first-order valence-electron chi connectivity index (χ1n) is 6.85. The number of fused-ring (bicyclic) bond motifs is 1. The SMILES string of the molecule is O[C@@H]1CC2(CCCCCC2)Oc2ccc(Cl)cc21. The fourth-order valence-electron chi connectivity index (χ4n) is 3.29. The smallest absolute Gasteiger partial charge is 0.126 e. The average molecular weight is 267 g/mol. The molecule has 1 aromatic carbocycles. The van der Waals surface area contributed by atoms with Crippen LogP contribution in [0.3, 0.4) is 0 Å². The van der Waals surface area contributed by atoms with Gasteiger partial charge in [0.2, 0.25) is 0 Å². The van der Waals surface area contributed by atoms with Crippen molar-refractivity contribution >= 4 is 11.6 Å². The Kier molecular flexibility index (Phi) is 3.25. The van der Waals surface area contributed by atoms with E-state index in [9.17, 15) is 5.11 Å². The normalized spacial score (nSPS) is 26.2. The van der Waals surface area contributed by atoms with Crippen molar-refractivity contribution in [2.45, 2.75) is 56.7 Å². The first-order valence-corrected chi connectivity index (χ1v) is 7.23. The molecule has 1 N–H and O–H groups in total. The van der Waals surface area contributed by atoms with E-state index in [4.69, 9.17) is 16.3 Å². The van der Waals surface area contributed by atoms with E-state index < -0.39 is 6.10 Å². The van der Waals surface area contributed by atoms with Crippen LogP contribution in [-0.2, 0) is 0 Å². The van der Waals surface area contributed by atoms with Crippen molar-refractivity contribution in [2.75, 3.05) is 0 Å². The van der Waals surface area contributed by atoms with Gasteiger partial charge in [0.25, 0.3) is 0 Å². The highest BCUT2D eigenvalue weighted by molar-refractivity contribution is 6.30. The summed E-state index contributed by atoms with van der Waals surface area (Å²) in [6, 6.07) is 5.56. The van der Waals surface area contributed by atoms with E-state index in [1.165, 1.54) is 25.7 Å². The fourth-order valence-corrected chi connectivity index (χ4v) is 3.47. The Morgan fingerprint density at radius 3 is 2.61 bits per heavy atom. The Hall–Kier alpha value is -0.730. The molecule has 3 rings (SSSR count). The summed E-state index contributed by atoms with van der Waals surface area (Å²) >= 11 is 5.98. The molecule has 0 unspecified atom stereocenters. The van der Waals surface area contributed by atoms with Crippen LogP contribution in [-0.4, -0.2) is 10.7 Å². The highest BCUT2D eigenvalue weighted by atomic mass is 35.5. The second kappa shape index (κ2) is 4.75. The second-order valence-electron chi connectivity index (χ2n) is 5.60. The number of halogens is 1. The standard InChI is InChI=1S/C15H19ClO2/c16-11-5-6-14-12(9-11)13(17)10-15(18-14)7-3-1-2-4-8-15/h5-6,9,13,17H,1-4,7-8,10H2/t13-/m1/s1. The van der Waals surface area contributed by atoms with Crippen molar-refractivity contribution < 1.29 is 9.84 Å². The Bertz CT molecular complexity index is 436. The van der Waals surface area contributed by atoms with Crippen LogP contribution in [0.25, 0.3) is 0 Å². The number of rotatable bonds is 0. The first kappa shape index (κ1) is 12.3.